The van der Waals surface area contributed by atoms with Gasteiger partial charge < -0.3 is 10.2 Å². The van der Waals surface area contributed by atoms with Crippen molar-refractivity contribution in [1.82, 2.24) is 15.2 Å². The number of anilines is 1. The molecule has 9 nitrogen and oxygen atoms in total. The second-order valence-corrected chi connectivity index (χ2v) is 2.71. The maximum atomic E-state index is 10.3. The van der Waals surface area contributed by atoms with Gasteiger partial charge >= 0.3 is 5.88 Å². The van der Waals surface area contributed by atoms with Crippen molar-refractivity contribution in [3.8, 4) is 0 Å². The zero-order chi connectivity index (χ0) is 11.5. The molecule has 0 spiro atoms. The normalized spacial score (nSPS) is 11.0. The number of nitrogens with one attached hydrogen (secondary N) is 1. The summed E-state index contributed by atoms with van der Waals surface area (Å²) in [7, 11) is 0. The molecule has 0 amide bonds. The summed E-state index contributed by atoms with van der Waals surface area (Å²) in [5.74, 6) is 0.139. The van der Waals surface area contributed by atoms with Crippen LogP contribution in [0.25, 0.3) is 0 Å². The van der Waals surface area contributed by atoms with Gasteiger partial charge in [0.1, 0.15) is 4.92 Å². The minimum atomic E-state index is -0.637. The minimum Gasteiger partial charge on any atom is -0.400 e. The molecule has 2 aromatic rings. The van der Waals surface area contributed by atoms with Crippen molar-refractivity contribution in [2.75, 3.05) is 5.73 Å². The first kappa shape index (κ1) is 9.83. The average molecular weight is 222 g/mol. The summed E-state index contributed by atoms with van der Waals surface area (Å²) < 4.78 is 4.83. The molecule has 0 fully saturated rings. The maximum absolute atomic E-state index is 10.3. The van der Waals surface area contributed by atoms with Crippen molar-refractivity contribution in [2.45, 2.75) is 0 Å². The number of aliphatic imine (C=N–C) groups is 1. The van der Waals surface area contributed by atoms with Crippen LogP contribution in [0.4, 0.5) is 17.8 Å². The summed E-state index contributed by atoms with van der Waals surface area (Å²) >= 11 is 0. The number of H-pyrrole nitrogens is 1. The zero-order valence-electron chi connectivity index (χ0n) is 7.82. The first-order valence-corrected chi connectivity index (χ1v) is 4.11. The SMILES string of the molecule is Nc1nc(N=Cc2ccc([N+](=O)[O-])o2)n[nH]1. The third-order valence-electron chi connectivity index (χ3n) is 1.59. The van der Waals surface area contributed by atoms with Crippen molar-refractivity contribution < 1.29 is 9.34 Å². The quantitative estimate of drug-likeness (QED) is 0.444. The molecule has 2 heterocycles. The van der Waals surface area contributed by atoms with Crippen LogP contribution in [-0.2, 0) is 0 Å². The molecule has 0 atom stereocenters. The fourth-order valence-corrected chi connectivity index (χ4v) is 0.954. The van der Waals surface area contributed by atoms with Gasteiger partial charge in [-0.1, -0.05) is 0 Å². The molecule has 9 heteroatoms. The fraction of sp³-hybridized carbons (Fsp3) is 0. The molecule has 0 aliphatic carbocycles. The van der Waals surface area contributed by atoms with E-state index in [-0.39, 0.29) is 23.5 Å². The van der Waals surface area contributed by atoms with Gasteiger partial charge in [0, 0.05) is 0 Å². The number of rotatable bonds is 3. The first-order chi connectivity index (χ1) is 7.65. The first-order valence-electron chi connectivity index (χ1n) is 4.11. The Morgan fingerprint density at radius 2 is 2.44 bits per heavy atom. The summed E-state index contributed by atoms with van der Waals surface area (Å²) in [5.41, 5.74) is 5.28. The zero-order valence-corrected chi connectivity index (χ0v) is 7.82. The Kier molecular flexibility index (Phi) is 2.34. The van der Waals surface area contributed by atoms with Gasteiger partial charge in [-0.2, -0.15) is 4.98 Å². The predicted octanol–water partition coefficient (Wildman–Crippen LogP) is 0.639. The lowest BCUT2D eigenvalue weighted by atomic mass is 10.5. The van der Waals surface area contributed by atoms with Gasteiger partial charge in [-0.25, -0.2) is 10.1 Å². The highest BCUT2D eigenvalue weighted by atomic mass is 16.6. The molecule has 2 rings (SSSR count). The van der Waals surface area contributed by atoms with E-state index in [2.05, 4.69) is 20.2 Å². The molecule has 0 aliphatic heterocycles. The second kappa shape index (κ2) is 3.81. The van der Waals surface area contributed by atoms with Crippen LogP contribution in [0.5, 0.6) is 0 Å². The highest BCUT2D eigenvalue weighted by Crippen LogP contribution is 2.14. The lowest BCUT2D eigenvalue weighted by Crippen LogP contribution is -1.84. The van der Waals surface area contributed by atoms with Gasteiger partial charge in [-0.15, -0.1) is 5.10 Å². The molecule has 0 bridgehead atoms. The van der Waals surface area contributed by atoms with E-state index in [0.717, 1.165) is 0 Å². The highest BCUT2D eigenvalue weighted by Gasteiger charge is 2.10. The van der Waals surface area contributed by atoms with E-state index in [0.29, 0.717) is 0 Å². The predicted molar refractivity (Wildman–Crippen MR) is 53.4 cm³/mol. The molecule has 3 N–H and O–H groups in total. The van der Waals surface area contributed by atoms with Crippen LogP contribution < -0.4 is 5.73 Å². The van der Waals surface area contributed by atoms with Gasteiger partial charge in [0.05, 0.1) is 12.3 Å². The van der Waals surface area contributed by atoms with Crippen LogP contribution in [0, 0.1) is 10.1 Å². The van der Waals surface area contributed by atoms with E-state index in [1.54, 1.807) is 0 Å². The maximum Gasteiger partial charge on any atom is 0.433 e. The topological polar surface area (TPSA) is 136 Å². The Labute approximate surface area is 88.2 Å². The van der Waals surface area contributed by atoms with Crippen LogP contribution in [0.2, 0.25) is 0 Å². The Morgan fingerprint density at radius 3 is 3.00 bits per heavy atom. The van der Waals surface area contributed by atoms with E-state index >= 15 is 0 Å². The number of aromatic nitrogens is 3. The highest BCUT2D eigenvalue weighted by molar-refractivity contribution is 5.78. The van der Waals surface area contributed by atoms with Crippen molar-refractivity contribution in [3.05, 3.63) is 28.0 Å². The van der Waals surface area contributed by atoms with Gasteiger partial charge in [0.25, 0.3) is 5.95 Å². The summed E-state index contributed by atoms with van der Waals surface area (Å²) in [6.07, 6.45) is 1.26. The molecular weight excluding hydrogens is 216 g/mol. The lowest BCUT2D eigenvalue weighted by Gasteiger charge is -1.82. The molecule has 2 aromatic heterocycles. The van der Waals surface area contributed by atoms with Gasteiger partial charge in [0.15, 0.2) is 5.76 Å². The van der Waals surface area contributed by atoms with Gasteiger partial charge in [0.2, 0.25) is 5.95 Å². The number of nitrogens with two attached hydrogens (primary N) is 1. The van der Waals surface area contributed by atoms with Crippen molar-refractivity contribution >= 4 is 24.0 Å². The van der Waals surface area contributed by atoms with Crippen LogP contribution in [0.15, 0.2) is 21.5 Å². The monoisotopic (exact) mass is 222 g/mol. The number of nitro groups is 1. The molecule has 0 unspecified atom stereocenters. The fourth-order valence-electron chi connectivity index (χ4n) is 0.954. The van der Waals surface area contributed by atoms with E-state index in [4.69, 9.17) is 10.2 Å². The summed E-state index contributed by atoms with van der Waals surface area (Å²) in [5, 5.41) is 16.3. The minimum absolute atomic E-state index is 0.122. The molecule has 0 saturated heterocycles. The third kappa shape index (κ3) is 2.03. The van der Waals surface area contributed by atoms with Crippen molar-refractivity contribution in [1.29, 1.82) is 0 Å². The molecule has 0 saturated carbocycles. The largest absolute Gasteiger partial charge is 0.433 e. The van der Waals surface area contributed by atoms with Crippen molar-refractivity contribution in [3.63, 3.8) is 0 Å². The molecule has 0 radical (unpaired) electrons. The number of furan rings is 1. The Hall–Kier alpha value is -2.71. The second-order valence-electron chi connectivity index (χ2n) is 2.71. The summed E-state index contributed by atoms with van der Waals surface area (Å²) in [6, 6.07) is 2.64. The molecule has 0 aromatic carbocycles. The van der Waals surface area contributed by atoms with Crippen LogP contribution in [0.1, 0.15) is 5.76 Å². The number of aromatic amines is 1. The number of hydrogen-bond acceptors (Lipinski definition) is 7. The number of nitrogens with zero attached hydrogens (tertiary/aromatic N) is 4. The molecule has 0 aliphatic rings. The van der Waals surface area contributed by atoms with Gasteiger partial charge in [-0.3, -0.25) is 10.1 Å². The Bertz CT molecular complexity index is 542. The number of hydrogen-bond donors (Lipinski definition) is 2. The Balaban J connectivity index is 2.14. The average Bonchev–Trinajstić information content (AvgIpc) is 2.83. The van der Waals surface area contributed by atoms with Crippen LogP contribution >= 0.6 is 0 Å². The third-order valence-corrected chi connectivity index (χ3v) is 1.59. The van der Waals surface area contributed by atoms with E-state index < -0.39 is 4.92 Å². The molecular formula is C7H6N6O3. The lowest BCUT2D eigenvalue weighted by molar-refractivity contribution is -0.402. The van der Waals surface area contributed by atoms with E-state index in [9.17, 15) is 10.1 Å². The van der Waals surface area contributed by atoms with Gasteiger partial charge in [-0.05, 0) is 6.07 Å². The standard InChI is InChI=1S/C7H6N6O3/c8-6-10-7(12-11-6)9-3-4-1-2-5(16-4)13(14)15/h1-3H,(H3,8,10,11,12). The van der Waals surface area contributed by atoms with E-state index in [1.165, 1.54) is 18.3 Å². The van der Waals surface area contributed by atoms with Crippen molar-refractivity contribution in [2.24, 2.45) is 4.99 Å². The Morgan fingerprint density at radius 1 is 1.62 bits per heavy atom. The summed E-state index contributed by atoms with van der Waals surface area (Å²) in [6.45, 7) is 0. The summed E-state index contributed by atoms with van der Waals surface area (Å²) in [4.78, 5) is 17.2. The van der Waals surface area contributed by atoms with Crippen LogP contribution in [0.3, 0.4) is 0 Å². The molecule has 16 heavy (non-hydrogen) atoms. The number of nitrogen functional groups attached to an aromatic ring is 1. The van der Waals surface area contributed by atoms with Crippen LogP contribution in [-0.4, -0.2) is 26.3 Å². The molecule has 82 valence electrons. The van der Waals surface area contributed by atoms with E-state index in [1.807, 2.05) is 0 Å². The smallest absolute Gasteiger partial charge is 0.400 e.